The van der Waals surface area contributed by atoms with Crippen LogP contribution in [-0.4, -0.2) is 16.6 Å². The van der Waals surface area contributed by atoms with Crippen LogP contribution < -0.4 is 10.1 Å². The van der Waals surface area contributed by atoms with Crippen LogP contribution >= 0.6 is 11.6 Å². The first kappa shape index (κ1) is 14.6. The number of rotatable bonds is 6. The van der Waals surface area contributed by atoms with Gasteiger partial charge in [-0.1, -0.05) is 25.4 Å². The summed E-state index contributed by atoms with van der Waals surface area (Å²) in [5.41, 5.74) is 1.86. The minimum absolute atomic E-state index is 0.493. The van der Waals surface area contributed by atoms with Crippen LogP contribution in [0.5, 0.6) is 5.75 Å². The van der Waals surface area contributed by atoms with E-state index in [9.17, 15) is 0 Å². The number of nitrogens with one attached hydrogen (secondary N) is 1. The molecule has 0 saturated heterocycles. The van der Waals surface area contributed by atoms with Crippen molar-refractivity contribution in [3.63, 3.8) is 0 Å². The first-order chi connectivity index (χ1) is 9.74. The number of nitrogens with zero attached hydrogens (tertiary/aromatic N) is 2. The molecule has 0 unspecified atom stereocenters. The van der Waals surface area contributed by atoms with Crippen LogP contribution in [-0.2, 0) is 6.42 Å². The highest BCUT2D eigenvalue weighted by Crippen LogP contribution is 2.24. The zero-order valence-electron chi connectivity index (χ0n) is 11.7. The van der Waals surface area contributed by atoms with Crippen LogP contribution in [0.25, 0.3) is 0 Å². The van der Waals surface area contributed by atoms with Crippen molar-refractivity contribution in [1.82, 2.24) is 9.97 Å². The monoisotopic (exact) mass is 291 g/mol. The quantitative estimate of drug-likeness (QED) is 0.809. The molecule has 1 aromatic carbocycles. The molecule has 0 atom stereocenters. The van der Waals surface area contributed by atoms with Gasteiger partial charge in [-0.3, -0.25) is 0 Å². The van der Waals surface area contributed by atoms with Crippen LogP contribution in [0.2, 0.25) is 5.15 Å². The zero-order chi connectivity index (χ0) is 14.4. The van der Waals surface area contributed by atoms with Gasteiger partial charge in [0.25, 0.3) is 0 Å². The summed E-state index contributed by atoms with van der Waals surface area (Å²) in [4.78, 5) is 8.23. The molecule has 4 nitrogen and oxygen atoms in total. The topological polar surface area (TPSA) is 47.0 Å². The number of halogens is 1. The maximum Gasteiger partial charge on any atom is 0.138 e. The molecular weight excluding hydrogens is 274 g/mol. The van der Waals surface area contributed by atoms with Crippen LogP contribution in [0.3, 0.4) is 0 Å². The third-order valence-electron chi connectivity index (χ3n) is 2.84. The van der Waals surface area contributed by atoms with Crippen molar-refractivity contribution in [2.24, 2.45) is 0 Å². The SMILES string of the molecule is CCCOc1ccc(Nc2ncnc(Cl)c2CC)cc1. The van der Waals surface area contributed by atoms with Crippen LogP contribution in [0.4, 0.5) is 11.5 Å². The van der Waals surface area contributed by atoms with E-state index in [0.717, 1.165) is 42.3 Å². The normalized spacial score (nSPS) is 10.3. The maximum absolute atomic E-state index is 6.07. The van der Waals surface area contributed by atoms with E-state index in [2.05, 4.69) is 22.2 Å². The number of ether oxygens (including phenoxy) is 1. The maximum atomic E-state index is 6.07. The molecule has 0 amide bonds. The Hall–Kier alpha value is -1.81. The summed E-state index contributed by atoms with van der Waals surface area (Å²) in [6.07, 6.45) is 3.24. The van der Waals surface area contributed by atoms with Gasteiger partial charge in [-0.05, 0) is 37.1 Å². The Morgan fingerprint density at radius 1 is 1.15 bits per heavy atom. The van der Waals surface area contributed by atoms with Crippen molar-refractivity contribution in [3.05, 3.63) is 41.3 Å². The molecule has 106 valence electrons. The molecule has 0 bridgehead atoms. The summed E-state index contributed by atoms with van der Waals surface area (Å²) in [6.45, 7) is 4.84. The molecule has 0 aliphatic rings. The van der Waals surface area contributed by atoms with E-state index in [1.165, 1.54) is 6.33 Å². The second-order valence-corrected chi connectivity index (χ2v) is 4.70. The fourth-order valence-corrected chi connectivity index (χ4v) is 2.07. The van der Waals surface area contributed by atoms with E-state index in [-0.39, 0.29) is 0 Å². The van der Waals surface area contributed by atoms with Gasteiger partial charge in [0.15, 0.2) is 0 Å². The lowest BCUT2D eigenvalue weighted by molar-refractivity contribution is 0.317. The molecule has 0 saturated carbocycles. The molecule has 0 fully saturated rings. The van der Waals surface area contributed by atoms with Crippen molar-refractivity contribution >= 4 is 23.1 Å². The van der Waals surface area contributed by atoms with E-state index in [1.54, 1.807) is 0 Å². The first-order valence-corrected chi connectivity index (χ1v) is 7.11. The van der Waals surface area contributed by atoms with Gasteiger partial charge >= 0.3 is 0 Å². The number of anilines is 2. The highest BCUT2D eigenvalue weighted by Gasteiger charge is 2.08. The number of aromatic nitrogens is 2. The van der Waals surface area contributed by atoms with Crippen LogP contribution in [0, 0.1) is 0 Å². The average Bonchev–Trinajstić information content (AvgIpc) is 2.47. The standard InChI is InChI=1S/C15H18ClN3O/c1-3-9-20-12-7-5-11(6-8-12)19-15-13(4-2)14(16)17-10-18-15/h5-8,10H,3-4,9H2,1-2H3,(H,17,18,19). The van der Waals surface area contributed by atoms with Gasteiger partial charge in [-0.25, -0.2) is 9.97 Å². The molecular formula is C15H18ClN3O. The lowest BCUT2D eigenvalue weighted by atomic mass is 10.2. The Bertz CT molecular complexity index is 558. The molecule has 2 aromatic rings. The summed E-state index contributed by atoms with van der Waals surface area (Å²) in [5.74, 6) is 1.61. The Morgan fingerprint density at radius 3 is 2.55 bits per heavy atom. The average molecular weight is 292 g/mol. The van der Waals surface area contributed by atoms with Gasteiger partial charge in [-0.2, -0.15) is 0 Å². The third kappa shape index (κ3) is 3.61. The lowest BCUT2D eigenvalue weighted by Gasteiger charge is -2.11. The van der Waals surface area contributed by atoms with Crippen molar-refractivity contribution in [3.8, 4) is 5.75 Å². The van der Waals surface area contributed by atoms with Crippen LogP contribution in [0.1, 0.15) is 25.8 Å². The Kier molecular flexibility index (Phi) is 5.18. The summed E-state index contributed by atoms with van der Waals surface area (Å²) >= 11 is 6.07. The van der Waals surface area contributed by atoms with E-state index >= 15 is 0 Å². The lowest BCUT2D eigenvalue weighted by Crippen LogP contribution is -2.01. The predicted octanol–water partition coefficient (Wildman–Crippen LogP) is 4.22. The second kappa shape index (κ2) is 7.10. The summed E-state index contributed by atoms with van der Waals surface area (Å²) in [7, 11) is 0. The van der Waals surface area contributed by atoms with Gasteiger partial charge in [0, 0.05) is 11.3 Å². The van der Waals surface area contributed by atoms with E-state index in [0.29, 0.717) is 5.15 Å². The van der Waals surface area contributed by atoms with Crippen molar-refractivity contribution in [2.45, 2.75) is 26.7 Å². The molecule has 0 aliphatic heterocycles. The van der Waals surface area contributed by atoms with Gasteiger partial charge in [0.2, 0.25) is 0 Å². The van der Waals surface area contributed by atoms with E-state index < -0.39 is 0 Å². The molecule has 1 aromatic heterocycles. The number of hydrogen-bond acceptors (Lipinski definition) is 4. The van der Waals surface area contributed by atoms with Crippen molar-refractivity contribution < 1.29 is 4.74 Å². The predicted molar refractivity (Wildman–Crippen MR) is 81.9 cm³/mol. The fraction of sp³-hybridized carbons (Fsp3) is 0.333. The second-order valence-electron chi connectivity index (χ2n) is 4.34. The minimum atomic E-state index is 0.493. The van der Waals surface area contributed by atoms with E-state index in [4.69, 9.17) is 16.3 Å². The highest BCUT2D eigenvalue weighted by atomic mass is 35.5. The molecule has 20 heavy (non-hydrogen) atoms. The summed E-state index contributed by atoms with van der Waals surface area (Å²) in [6, 6.07) is 7.79. The largest absolute Gasteiger partial charge is 0.494 e. The third-order valence-corrected chi connectivity index (χ3v) is 3.16. The summed E-state index contributed by atoms with van der Waals surface area (Å²) < 4.78 is 5.55. The van der Waals surface area contributed by atoms with Crippen LogP contribution in [0.15, 0.2) is 30.6 Å². The fourth-order valence-electron chi connectivity index (χ4n) is 1.80. The van der Waals surface area contributed by atoms with Gasteiger partial charge in [0.05, 0.1) is 6.61 Å². The zero-order valence-corrected chi connectivity index (χ0v) is 12.4. The minimum Gasteiger partial charge on any atom is -0.494 e. The van der Waals surface area contributed by atoms with Gasteiger partial charge in [0.1, 0.15) is 23.0 Å². The molecule has 0 radical (unpaired) electrons. The van der Waals surface area contributed by atoms with Gasteiger partial charge < -0.3 is 10.1 Å². The van der Waals surface area contributed by atoms with Crippen molar-refractivity contribution in [2.75, 3.05) is 11.9 Å². The number of benzene rings is 1. The molecule has 1 heterocycles. The highest BCUT2D eigenvalue weighted by molar-refractivity contribution is 6.30. The summed E-state index contributed by atoms with van der Waals surface area (Å²) in [5, 5.41) is 3.75. The smallest absolute Gasteiger partial charge is 0.138 e. The van der Waals surface area contributed by atoms with Crippen molar-refractivity contribution in [1.29, 1.82) is 0 Å². The molecule has 1 N–H and O–H groups in total. The Morgan fingerprint density at radius 2 is 1.90 bits per heavy atom. The molecule has 2 rings (SSSR count). The first-order valence-electron chi connectivity index (χ1n) is 6.73. The number of hydrogen-bond donors (Lipinski definition) is 1. The molecule has 0 spiro atoms. The Balaban J connectivity index is 2.12. The molecule has 5 heteroatoms. The van der Waals surface area contributed by atoms with E-state index in [1.807, 2.05) is 31.2 Å². The Labute approximate surface area is 124 Å². The van der Waals surface area contributed by atoms with Gasteiger partial charge in [-0.15, -0.1) is 0 Å². The molecule has 0 aliphatic carbocycles.